The van der Waals surface area contributed by atoms with Crippen molar-refractivity contribution < 1.29 is 22.7 Å². The number of hydrogen-bond donors (Lipinski definition) is 2. The van der Waals surface area contributed by atoms with Gasteiger partial charge in [-0.2, -0.15) is 9.97 Å². The zero-order valence-electron chi connectivity index (χ0n) is 22.2. The Morgan fingerprint density at radius 1 is 1.22 bits per heavy atom. The number of benzene rings is 2. The van der Waals surface area contributed by atoms with Crippen LogP contribution in [-0.4, -0.2) is 77.9 Å². The number of alkyl halides is 2. The zero-order valence-corrected chi connectivity index (χ0v) is 23.0. The maximum absolute atomic E-state index is 16.2. The van der Waals surface area contributed by atoms with E-state index in [4.69, 9.17) is 16.3 Å². The molecule has 0 spiro atoms. The molecule has 5 rings (SSSR count). The fourth-order valence-electron chi connectivity index (χ4n) is 4.87. The lowest BCUT2D eigenvalue weighted by atomic mass is 10.0. The van der Waals surface area contributed by atoms with Crippen molar-refractivity contribution in [3.05, 3.63) is 65.6 Å². The van der Waals surface area contributed by atoms with E-state index in [1.807, 2.05) is 30.1 Å². The summed E-state index contributed by atoms with van der Waals surface area (Å²) in [4.78, 5) is 26.8. The van der Waals surface area contributed by atoms with Gasteiger partial charge < -0.3 is 15.4 Å². The molecule has 2 aromatic carbocycles. The van der Waals surface area contributed by atoms with E-state index in [0.29, 0.717) is 34.3 Å². The summed E-state index contributed by atoms with van der Waals surface area (Å²) in [6.07, 6.45) is 3.05. The highest BCUT2D eigenvalue weighted by atomic mass is 35.5. The van der Waals surface area contributed by atoms with Crippen LogP contribution in [-0.2, 0) is 4.79 Å². The van der Waals surface area contributed by atoms with Crippen molar-refractivity contribution in [2.75, 3.05) is 45.3 Å². The molecule has 1 aliphatic rings. The second-order valence-electron chi connectivity index (χ2n) is 9.69. The van der Waals surface area contributed by atoms with Gasteiger partial charge in [0.2, 0.25) is 5.91 Å². The number of carbonyl (C=O) groups excluding carboxylic acids is 1. The molecule has 0 radical (unpaired) electrons. The van der Waals surface area contributed by atoms with E-state index in [0.717, 1.165) is 17.5 Å². The van der Waals surface area contributed by atoms with Gasteiger partial charge in [0.15, 0.2) is 5.82 Å². The number of likely N-dealkylation sites (tertiary alicyclic amines) is 1. The SMILES string of the molecule is CN1C[C@H](F)C[C@H]1COc1nc(NCCNC(=O)/C=C/CF)c2cnc(-c3cccc4cccc(Cl)c34)c(F)c2n1. The van der Waals surface area contributed by atoms with Crippen molar-refractivity contribution in [2.45, 2.75) is 18.6 Å². The Bertz CT molecular complexity index is 1600. The van der Waals surface area contributed by atoms with Gasteiger partial charge in [0.1, 0.15) is 36.5 Å². The van der Waals surface area contributed by atoms with Crippen LogP contribution in [0.1, 0.15) is 6.42 Å². The standard InChI is InChI=1S/C29H28ClF3N6O2/c1-39-15-18(32)13-19(39)16-41-29-37-27-21(28(38-29)35-12-11-34-23(40)9-4-10-31)14-36-26(25(27)33)20-7-2-5-17-6-3-8-22(30)24(17)20/h2-9,14,18-19H,10-13,15-16H2,1H3,(H,34,40)(H,35,37,38)/b9-4+/t18-,19+/m1/s1. The molecular formula is C29H28ClF3N6O2. The summed E-state index contributed by atoms with van der Waals surface area (Å²) in [5.74, 6) is -0.883. The number of aromatic nitrogens is 3. The molecular weight excluding hydrogens is 557 g/mol. The second kappa shape index (κ2) is 12.7. The smallest absolute Gasteiger partial charge is 0.319 e. The van der Waals surface area contributed by atoms with Crippen LogP contribution in [0.3, 0.4) is 0 Å². The van der Waals surface area contributed by atoms with E-state index >= 15 is 4.39 Å². The summed E-state index contributed by atoms with van der Waals surface area (Å²) >= 11 is 6.49. The van der Waals surface area contributed by atoms with Gasteiger partial charge >= 0.3 is 6.01 Å². The van der Waals surface area contributed by atoms with E-state index in [1.165, 1.54) is 6.20 Å². The van der Waals surface area contributed by atoms with Crippen molar-refractivity contribution >= 4 is 45.0 Å². The van der Waals surface area contributed by atoms with Gasteiger partial charge in [0.25, 0.3) is 0 Å². The molecule has 0 bridgehead atoms. The van der Waals surface area contributed by atoms with Crippen LogP contribution in [0.4, 0.5) is 19.0 Å². The lowest BCUT2D eigenvalue weighted by molar-refractivity contribution is -0.116. The molecule has 1 aliphatic heterocycles. The minimum absolute atomic E-state index is 0.0235. The Morgan fingerprint density at radius 2 is 2.02 bits per heavy atom. The van der Waals surface area contributed by atoms with Gasteiger partial charge in [-0.25, -0.2) is 13.2 Å². The fraction of sp³-hybridized carbons (Fsp3) is 0.310. The largest absolute Gasteiger partial charge is 0.462 e. The number of carbonyl (C=O) groups is 1. The number of fused-ring (bicyclic) bond motifs is 2. The first kappa shape index (κ1) is 28.6. The molecule has 41 heavy (non-hydrogen) atoms. The van der Waals surface area contributed by atoms with Crippen molar-refractivity contribution in [1.82, 2.24) is 25.2 Å². The van der Waals surface area contributed by atoms with Crippen LogP contribution in [0.5, 0.6) is 6.01 Å². The predicted octanol–water partition coefficient (Wildman–Crippen LogP) is 5.11. The van der Waals surface area contributed by atoms with Crippen molar-refractivity contribution in [1.29, 1.82) is 0 Å². The molecule has 8 nitrogen and oxygen atoms in total. The quantitative estimate of drug-likeness (QED) is 0.198. The van der Waals surface area contributed by atoms with Crippen LogP contribution in [0, 0.1) is 5.82 Å². The number of likely N-dealkylation sites (N-methyl/N-ethyl adjacent to an activating group) is 1. The molecule has 2 N–H and O–H groups in total. The summed E-state index contributed by atoms with van der Waals surface area (Å²) in [7, 11) is 1.81. The third kappa shape index (κ3) is 6.36. The van der Waals surface area contributed by atoms with Crippen molar-refractivity contribution in [3.8, 4) is 17.3 Å². The number of allylic oxidation sites excluding steroid dienone is 1. The molecule has 2 aromatic heterocycles. The molecule has 0 aliphatic carbocycles. The van der Waals surface area contributed by atoms with Crippen molar-refractivity contribution in [3.63, 3.8) is 0 Å². The van der Waals surface area contributed by atoms with E-state index in [2.05, 4.69) is 25.6 Å². The maximum Gasteiger partial charge on any atom is 0.319 e. The number of halogens is 4. The summed E-state index contributed by atoms with van der Waals surface area (Å²) in [6, 6.07) is 10.6. The van der Waals surface area contributed by atoms with Gasteiger partial charge in [-0.05, 0) is 31.0 Å². The number of amides is 1. The average Bonchev–Trinajstić information content (AvgIpc) is 3.29. The van der Waals surface area contributed by atoms with E-state index < -0.39 is 24.6 Å². The zero-order chi connectivity index (χ0) is 28.9. The van der Waals surface area contributed by atoms with Crippen LogP contribution >= 0.6 is 11.6 Å². The fourth-order valence-corrected chi connectivity index (χ4v) is 5.15. The lowest BCUT2D eigenvalue weighted by Crippen LogP contribution is -2.31. The average molecular weight is 585 g/mol. The van der Waals surface area contributed by atoms with Crippen LogP contribution < -0.4 is 15.4 Å². The summed E-state index contributed by atoms with van der Waals surface area (Å²) in [5.41, 5.74) is 0.549. The molecule has 1 fully saturated rings. The third-order valence-corrected chi connectivity index (χ3v) is 7.20. The number of pyridine rings is 1. The number of hydrogen-bond acceptors (Lipinski definition) is 7. The monoisotopic (exact) mass is 584 g/mol. The topological polar surface area (TPSA) is 92.3 Å². The highest BCUT2D eigenvalue weighted by Crippen LogP contribution is 2.36. The molecule has 12 heteroatoms. The van der Waals surface area contributed by atoms with Gasteiger partial charge in [-0.1, -0.05) is 41.9 Å². The summed E-state index contributed by atoms with van der Waals surface area (Å²) in [5, 5.41) is 7.94. The molecule has 1 amide bonds. The Morgan fingerprint density at radius 3 is 2.78 bits per heavy atom. The first-order chi connectivity index (χ1) is 19.9. The summed E-state index contributed by atoms with van der Waals surface area (Å²) in [6.45, 7) is 0.0953. The minimum Gasteiger partial charge on any atom is -0.462 e. The molecule has 1 saturated heterocycles. The normalized spacial score (nSPS) is 17.5. The Labute approximate surface area is 239 Å². The Balaban J connectivity index is 1.49. The first-order valence-corrected chi connectivity index (χ1v) is 13.5. The lowest BCUT2D eigenvalue weighted by Gasteiger charge is -2.19. The molecule has 214 valence electrons. The van der Waals surface area contributed by atoms with E-state index in [-0.39, 0.29) is 48.8 Å². The number of nitrogens with zero attached hydrogens (tertiary/aromatic N) is 4. The molecule has 2 atom stereocenters. The number of anilines is 1. The van der Waals surface area contributed by atoms with E-state index in [9.17, 15) is 13.6 Å². The van der Waals surface area contributed by atoms with Gasteiger partial charge in [-0.3, -0.25) is 14.7 Å². The van der Waals surface area contributed by atoms with Gasteiger partial charge in [-0.15, -0.1) is 0 Å². The Kier molecular flexibility index (Phi) is 8.84. The summed E-state index contributed by atoms with van der Waals surface area (Å²) < 4.78 is 48.2. The van der Waals surface area contributed by atoms with Gasteiger partial charge in [0, 0.05) is 53.9 Å². The van der Waals surface area contributed by atoms with E-state index in [1.54, 1.807) is 18.2 Å². The molecule has 3 heterocycles. The second-order valence-corrected chi connectivity index (χ2v) is 10.1. The first-order valence-electron chi connectivity index (χ1n) is 13.1. The molecule has 0 saturated carbocycles. The predicted molar refractivity (Wildman–Crippen MR) is 153 cm³/mol. The third-order valence-electron chi connectivity index (χ3n) is 6.89. The maximum atomic E-state index is 16.2. The van der Waals surface area contributed by atoms with Crippen LogP contribution in [0.15, 0.2) is 54.7 Å². The van der Waals surface area contributed by atoms with Gasteiger partial charge in [0.05, 0.1) is 5.39 Å². The Hall–Kier alpha value is -3.96. The minimum atomic E-state index is -0.947. The molecule has 0 unspecified atom stereocenters. The highest BCUT2D eigenvalue weighted by Gasteiger charge is 2.30. The highest BCUT2D eigenvalue weighted by molar-refractivity contribution is 6.36. The van der Waals surface area contributed by atoms with Crippen LogP contribution in [0.2, 0.25) is 5.02 Å². The number of rotatable bonds is 10. The van der Waals surface area contributed by atoms with Crippen molar-refractivity contribution in [2.24, 2.45) is 0 Å². The number of ether oxygens (including phenoxy) is 1. The number of nitrogens with one attached hydrogen (secondary N) is 2. The van der Waals surface area contributed by atoms with Crippen LogP contribution in [0.25, 0.3) is 32.9 Å². The molecule has 4 aromatic rings.